The van der Waals surface area contributed by atoms with Gasteiger partial charge in [-0.1, -0.05) is 6.92 Å². The SMILES string of the molecule is CCNC(CCc1cc(OC)ccc1OC)C1CC1. The van der Waals surface area contributed by atoms with Crippen molar-refractivity contribution in [2.45, 2.75) is 38.6 Å². The average molecular weight is 263 g/mol. The van der Waals surface area contributed by atoms with E-state index in [0.717, 1.165) is 30.4 Å². The van der Waals surface area contributed by atoms with Crippen molar-refractivity contribution in [3.8, 4) is 11.5 Å². The van der Waals surface area contributed by atoms with E-state index in [1.807, 2.05) is 12.1 Å². The minimum Gasteiger partial charge on any atom is -0.497 e. The predicted molar refractivity (Wildman–Crippen MR) is 78.1 cm³/mol. The Bertz CT molecular complexity index is 402. The summed E-state index contributed by atoms with van der Waals surface area (Å²) in [5, 5.41) is 3.61. The number of ether oxygens (including phenoxy) is 2. The first-order chi connectivity index (χ1) is 9.28. The van der Waals surface area contributed by atoms with Crippen LogP contribution in [-0.4, -0.2) is 26.8 Å². The Kier molecular flexibility index (Phi) is 5.08. The lowest BCUT2D eigenvalue weighted by atomic mass is 10.0. The van der Waals surface area contributed by atoms with E-state index in [1.165, 1.54) is 24.8 Å². The van der Waals surface area contributed by atoms with Crippen molar-refractivity contribution in [3.63, 3.8) is 0 Å². The van der Waals surface area contributed by atoms with Crippen molar-refractivity contribution in [2.24, 2.45) is 5.92 Å². The van der Waals surface area contributed by atoms with Crippen LogP contribution in [0.15, 0.2) is 18.2 Å². The van der Waals surface area contributed by atoms with Gasteiger partial charge in [0.25, 0.3) is 0 Å². The van der Waals surface area contributed by atoms with Crippen molar-refractivity contribution in [1.82, 2.24) is 5.32 Å². The van der Waals surface area contributed by atoms with Gasteiger partial charge in [-0.2, -0.15) is 0 Å². The normalized spacial score (nSPS) is 16.2. The maximum atomic E-state index is 5.44. The molecule has 0 spiro atoms. The highest BCUT2D eigenvalue weighted by molar-refractivity contribution is 5.40. The summed E-state index contributed by atoms with van der Waals surface area (Å²) in [6, 6.07) is 6.69. The first-order valence-corrected chi connectivity index (χ1v) is 7.22. The van der Waals surface area contributed by atoms with Gasteiger partial charge < -0.3 is 14.8 Å². The lowest BCUT2D eigenvalue weighted by Crippen LogP contribution is -2.31. The van der Waals surface area contributed by atoms with Crippen LogP contribution in [0.5, 0.6) is 11.5 Å². The van der Waals surface area contributed by atoms with Crippen LogP contribution in [0.2, 0.25) is 0 Å². The van der Waals surface area contributed by atoms with E-state index in [0.29, 0.717) is 6.04 Å². The van der Waals surface area contributed by atoms with Gasteiger partial charge in [0.2, 0.25) is 0 Å². The predicted octanol–water partition coefficient (Wildman–Crippen LogP) is 3.02. The molecule has 0 amide bonds. The fourth-order valence-corrected chi connectivity index (χ4v) is 2.65. The molecule has 1 aromatic rings. The third kappa shape index (κ3) is 3.87. The van der Waals surface area contributed by atoms with Crippen molar-refractivity contribution in [1.29, 1.82) is 0 Å². The van der Waals surface area contributed by atoms with E-state index in [4.69, 9.17) is 9.47 Å². The van der Waals surface area contributed by atoms with Crippen LogP contribution >= 0.6 is 0 Å². The maximum Gasteiger partial charge on any atom is 0.122 e. The molecule has 0 radical (unpaired) electrons. The second kappa shape index (κ2) is 6.80. The molecule has 0 aromatic heterocycles. The molecule has 1 fully saturated rings. The summed E-state index contributed by atoms with van der Waals surface area (Å²) in [5.74, 6) is 2.76. The first-order valence-electron chi connectivity index (χ1n) is 7.22. The maximum absolute atomic E-state index is 5.44. The van der Waals surface area contributed by atoms with Crippen molar-refractivity contribution < 1.29 is 9.47 Å². The molecule has 0 heterocycles. The Morgan fingerprint density at radius 1 is 1.26 bits per heavy atom. The minimum atomic E-state index is 0.654. The van der Waals surface area contributed by atoms with Crippen molar-refractivity contribution in [3.05, 3.63) is 23.8 Å². The third-order valence-electron chi connectivity index (χ3n) is 3.87. The molecule has 1 unspecified atom stereocenters. The molecule has 3 heteroatoms. The zero-order valence-corrected chi connectivity index (χ0v) is 12.2. The van der Waals surface area contributed by atoms with Crippen LogP contribution in [-0.2, 0) is 6.42 Å². The van der Waals surface area contributed by atoms with Gasteiger partial charge in [-0.25, -0.2) is 0 Å². The van der Waals surface area contributed by atoms with E-state index in [2.05, 4.69) is 18.3 Å². The molecule has 2 rings (SSSR count). The van der Waals surface area contributed by atoms with Crippen LogP contribution in [0.3, 0.4) is 0 Å². The summed E-state index contributed by atoms with van der Waals surface area (Å²) < 4.78 is 10.7. The van der Waals surface area contributed by atoms with Crippen LogP contribution in [0, 0.1) is 5.92 Å². The monoisotopic (exact) mass is 263 g/mol. The molecule has 0 saturated heterocycles. The van der Waals surface area contributed by atoms with Crippen LogP contribution in [0.4, 0.5) is 0 Å². The van der Waals surface area contributed by atoms with Crippen molar-refractivity contribution >= 4 is 0 Å². The second-order valence-electron chi connectivity index (χ2n) is 5.22. The molecule has 106 valence electrons. The molecule has 1 aliphatic carbocycles. The Balaban J connectivity index is 2.00. The van der Waals surface area contributed by atoms with Crippen LogP contribution in [0.1, 0.15) is 31.7 Å². The largest absolute Gasteiger partial charge is 0.497 e. The highest BCUT2D eigenvalue weighted by Gasteiger charge is 2.30. The average Bonchev–Trinajstić information content (AvgIpc) is 3.27. The molecule has 3 nitrogen and oxygen atoms in total. The molecule has 0 aliphatic heterocycles. The second-order valence-corrected chi connectivity index (χ2v) is 5.22. The lowest BCUT2D eigenvalue weighted by Gasteiger charge is -2.18. The standard InChI is InChI=1S/C16H25NO2/c1-4-17-15(12-5-6-12)9-7-13-11-14(18-2)8-10-16(13)19-3/h8,10-12,15,17H,4-7,9H2,1-3H3. The lowest BCUT2D eigenvalue weighted by molar-refractivity contribution is 0.393. The van der Waals surface area contributed by atoms with Crippen LogP contribution < -0.4 is 14.8 Å². The Morgan fingerprint density at radius 2 is 2.05 bits per heavy atom. The van der Waals surface area contributed by atoms with E-state index in [-0.39, 0.29) is 0 Å². The third-order valence-corrected chi connectivity index (χ3v) is 3.87. The molecule has 1 saturated carbocycles. The number of nitrogens with one attached hydrogen (secondary N) is 1. The van der Waals surface area contributed by atoms with Gasteiger partial charge >= 0.3 is 0 Å². The fraction of sp³-hybridized carbons (Fsp3) is 0.625. The summed E-state index contributed by atoms with van der Waals surface area (Å²) in [6.07, 6.45) is 4.97. The summed E-state index contributed by atoms with van der Waals surface area (Å²) in [4.78, 5) is 0. The van der Waals surface area contributed by atoms with Crippen molar-refractivity contribution in [2.75, 3.05) is 20.8 Å². The number of aryl methyl sites for hydroxylation is 1. The van der Waals surface area contributed by atoms with Gasteiger partial charge in [-0.3, -0.25) is 0 Å². The van der Waals surface area contributed by atoms with Crippen LogP contribution in [0.25, 0.3) is 0 Å². The molecule has 19 heavy (non-hydrogen) atoms. The molecular weight excluding hydrogens is 238 g/mol. The summed E-state index contributed by atoms with van der Waals surface area (Å²) in [5.41, 5.74) is 1.24. The zero-order chi connectivity index (χ0) is 13.7. The number of methoxy groups -OCH3 is 2. The molecule has 1 aliphatic rings. The molecule has 1 N–H and O–H groups in total. The molecular formula is C16H25NO2. The van der Waals surface area contributed by atoms with Gasteiger partial charge in [0, 0.05) is 6.04 Å². The van der Waals surface area contributed by atoms with Gasteiger partial charge in [0.1, 0.15) is 11.5 Å². The smallest absolute Gasteiger partial charge is 0.122 e. The van der Waals surface area contributed by atoms with Gasteiger partial charge in [-0.05, 0) is 61.9 Å². The van der Waals surface area contributed by atoms with Gasteiger partial charge in [-0.15, -0.1) is 0 Å². The molecule has 0 bridgehead atoms. The minimum absolute atomic E-state index is 0.654. The Hall–Kier alpha value is -1.22. The van der Waals surface area contributed by atoms with E-state index in [9.17, 15) is 0 Å². The highest BCUT2D eigenvalue weighted by atomic mass is 16.5. The number of rotatable bonds is 8. The summed E-state index contributed by atoms with van der Waals surface area (Å²) in [7, 11) is 3.44. The van der Waals surface area contributed by atoms with E-state index >= 15 is 0 Å². The number of benzene rings is 1. The topological polar surface area (TPSA) is 30.5 Å². The van der Waals surface area contributed by atoms with E-state index < -0.39 is 0 Å². The van der Waals surface area contributed by atoms with Gasteiger partial charge in [0.05, 0.1) is 14.2 Å². The van der Waals surface area contributed by atoms with E-state index in [1.54, 1.807) is 14.2 Å². The molecule has 1 atom stereocenters. The molecule has 1 aromatic carbocycles. The zero-order valence-electron chi connectivity index (χ0n) is 12.2. The quantitative estimate of drug-likeness (QED) is 0.782. The summed E-state index contributed by atoms with van der Waals surface area (Å²) in [6.45, 7) is 3.23. The van der Waals surface area contributed by atoms with Gasteiger partial charge in [0.15, 0.2) is 0 Å². The number of hydrogen-bond donors (Lipinski definition) is 1. The summed E-state index contributed by atoms with van der Waals surface area (Å²) >= 11 is 0. The Labute approximate surface area is 116 Å². The Morgan fingerprint density at radius 3 is 2.63 bits per heavy atom. The highest BCUT2D eigenvalue weighted by Crippen LogP contribution is 2.35. The number of hydrogen-bond acceptors (Lipinski definition) is 3. The first kappa shape index (κ1) is 14.2. The fourth-order valence-electron chi connectivity index (χ4n) is 2.65.